The summed E-state index contributed by atoms with van der Waals surface area (Å²) in [5, 5.41) is 0.767. The van der Waals surface area contributed by atoms with E-state index in [-0.39, 0.29) is 13.2 Å². The number of nitrogens with zero attached hydrogens (tertiary/aromatic N) is 1. The molecular weight excluding hydrogens is 320 g/mol. The minimum absolute atomic E-state index is 0.0635. The van der Waals surface area contributed by atoms with Crippen LogP contribution in [-0.4, -0.2) is 53.1 Å². The standard InChI is InChI=1S/C15H22N2O5S/c1-5-8-16-23(18,19)14-10-22-17(2)15(14)12-9-11(20-3)6-7-13(12)21-4/h5-7,9,14-16H,1,8,10H2,2-4H3. The molecule has 1 heterocycles. The highest BCUT2D eigenvalue weighted by atomic mass is 32.2. The topological polar surface area (TPSA) is 77.1 Å². The summed E-state index contributed by atoms with van der Waals surface area (Å²) in [5.74, 6) is 1.20. The fourth-order valence-corrected chi connectivity index (χ4v) is 4.07. The Hall–Kier alpha value is -1.61. The molecule has 1 N–H and O–H groups in total. The van der Waals surface area contributed by atoms with Gasteiger partial charge < -0.3 is 9.47 Å². The minimum atomic E-state index is -3.58. The van der Waals surface area contributed by atoms with Gasteiger partial charge in [0.1, 0.15) is 16.7 Å². The maximum atomic E-state index is 12.5. The molecule has 8 heteroatoms. The second-order valence-electron chi connectivity index (χ2n) is 5.12. The van der Waals surface area contributed by atoms with Crippen LogP contribution in [0.4, 0.5) is 0 Å². The van der Waals surface area contributed by atoms with Gasteiger partial charge in [-0.05, 0) is 18.2 Å². The number of rotatable bonds is 7. The van der Waals surface area contributed by atoms with Crippen LogP contribution >= 0.6 is 0 Å². The number of methoxy groups -OCH3 is 2. The summed E-state index contributed by atoms with van der Waals surface area (Å²) in [6.45, 7) is 3.76. The lowest BCUT2D eigenvalue weighted by molar-refractivity contribution is -0.110. The molecule has 1 aliphatic rings. The summed E-state index contributed by atoms with van der Waals surface area (Å²) in [7, 11) is 1.22. The smallest absolute Gasteiger partial charge is 0.219 e. The van der Waals surface area contributed by atoms with E-state index >= 15 is 0 Å². The van der Waals surface area contributed by atoms with Crippen LogP contribution in [0.15, 0.2) is 30.9 Å². The second kappa shape index (κ2) is 7.31. The molecule has 0 aliphatic carbocycles. The first-order chi connectivity index (χ1) is 10.9. The first-order valence-corrected chi connectivity index (χ1v) is 8.66. The van der Waals surface area contributed by atoms with E-state index in [4.69, 9.17) is 14.3 Å². The Labute approximate surface area is 136 Å². The van der Waals surface area contributed by atoms with Gasteiger partial charge in [0.25, 0.3) is 0 Å². The molecule has 2 unspecified atom stereocenters. The van der Waals surface area contributed by atoms with Crippen molar-refractivity contribution in [3.8, 4) is 11.5 Å². The van der Waals surface area contributed by atoms with Gasteiger partial charge in [0.05, 0.1) is 26.9 Å². The van der Waals surface area contributed by atoms with Crippen molar-refractivity contribution in [1.29, 1.82) is 0 Å². The molecular formula is C15H22N2O5S. The van der Waals surface area contributed by atoms with Crippen LogP contribution in [0.1, 0.15) is 11.6 Å². The zero-order valence-electron chi connectivity index (χ0n) is 13.5. The Morgan fingerprint density at radius 2 is 2.17 bits per heavy atom. The third-order valence-corrected chi connectivity index (χ3v) is 5.53. The van der Waals surface area contributed by atoms with Gasteiger partial charge >= 0.3 is 0 Å². The summed E-state index contributed by atoms with van der Waals surface area (Å²) in [6, 6.07) is 4.77. The van der Waals surface area contributed by atoms with Gasteiger partial charge in [-0.1, -0.05) is 6.08 Å². The lowest BCUT2D eigenvalue weighted by Crippen LogP contribution is -2.39. The number of hydrogen-bond acceptors (Lipinski definition) is 6. The van der Waals surface area contributed by atoms with Gasteiger partial charge in [-0.15, -0.1) is 6.58 Å². The predicted octanol–water partition coefficient (Wildman–Crippen LogP) is 1.10. The first-order valence-electron chi connectivity index (χ1n) is 7.11. The number of hydrogen-bond donors (Lipinski definition) is 1. The van der Waals surface area contributed by atoms with Crippen molar-refractivity contribution in [2.24, 2.45) is 0 Å². The van der Waals surface area contributed by atoms with Gasteiger partial charge in [0.15, 0.2) is 0 Å². The molecule has 1 saturated heterocycles. The highest BCUT2D eigenvalue weighted by Crippen LogP contribution is 2.39. The van der Waals surface area contributed by atoms with Gasteiger partial charge in [0, 0.05) is 19.2 Å². The van der Waals surface area contributed by atoms with Crippen molar-refractivity contribution >= 4 is 10.0 Å². The van der Waals surface area contributed by atoms with E-state index < -0.39 is 21.3 Å². The average molecular weight is 342 g/mol. The molecule has 0 spiro atoms. The van der Waals surface area contributed by atoms with E-state index in [2.05, 4.69) is 11.3 Å². The molecule has 1 aromatic carbocycles. The van der Waals surface area contributed by atoms with E-state index in [9.17, 15) is 8.42 Å². The monoisotopic (exact) mass is 342 g/mol. The zero-order chi connectivity index (χ0) is 17.0. The summed E-state index contributed by atoms with van der Waals surface area (Å²) >= 11 is 0. The van der Waals surface area contributed by atoms with Gasteiger partial charge in [-0.25, -0.2) is 13.1 Å². The molecule has 7 nitrogen and oxygen atoms in total. The van der Waals surface area contributed by atoms with E-state index in [1.165, 1.54) is 11.1 Å². The van der Waals surface area contributed by atoms with E-state index in [1.807, 2.05) is 0 Å². The SMILES string of the molecule is C=CCNS(=O)(=O)C1CON(C)C1c1cc(OC)ccc1OC. The molecule has 23 heavy (non-hydrogen) atoms. The first kappa shape index (κ1) is 17.7. The van der Waals surface area contributed by atoms with Crippen molar-refractivity contribution in [1.82, 2.24) is 9.79 Å². The molecule has 1 aromatic rings. The fourth-order valence-electron chi connectivity index (χ4n) is 2.60. The number of nitrogens with one attached hydrogen (secondary N) is 1. The molecule has 1 fully saturated rings. The molecule has 2 rings (SSSR count). The Kier molecular flexibility index (Phi) is 5.64. The third-order valence-electron chi connectivity index (χ3n) is 3.77. The van der Waals surface area contributed by atoms with Crippen LogP contribution in [0.2, 0.25) is 0 Å². The molecule has 0 aromatic heterocycles. The molecule has 0 saturated carbocycles. The number of hydroxylamine groups is 2. The predicted molar refractivity (Wildman–Crippen MR) is 86.9 cm³/mol. The van der Waals surface area contributed by atoms with Crippen LogP contribution in [0, 0.1) is 0 Å². The molecule has 2 atom stereocenters. The number of ether oxygens (including phenoxy) is 2. The Morgan fingerprint density at radius 1 is 1.43 bits per heavy atom. The molecule has 128 valence electrons. The van der Waals surface area contributed by atoms with Crippen LogP contribution < -0.4 is 14.2 Å². The van der Waals surface area contributed by atoms with Crippen molar-refractivity contribution in [2.75, 3.05) is 34.4 Å². The van der Waals surface area contributed by atoms with E-state index in [1.54, 1.807) is 39.5 Å². The second-order valence-corrected chi connectivity index (χ2v) is 7.10. The molecule has 1 aliphatic heterocycles. The molecule has 0 bridgehead atoms. The maximum absolute atomic E-state index is 12.5. The zero-order valence-corrected chi connectivity index (χ0v) is 14.3. The summed E-state index contributed by atoms with van der Waals surface area (Å²) in [4.78, 5) is 5.46. The van der Waals surface area contributed by atoms with Gasteiger partial charge in [-0.3, -0.25) is 4.84 Å². The minimum Gasteiger partial charge on any atom is -0.497 e. The van der Waals surface area contributed by atoms with Crippen molar-refractivity contribution < 1.29 is 22.7 Å². The van der Waals surface area contributed by atoms with Crippen LogP contribution in [0.25, 0.3) is 0 Å². The Morgan fingerprint density at radius 3 is 2.78 bits per heavy atom. The lowest BCUT2D eigenvalue weighted by atomic mass is 10.0. The van der Waals surface area contributed by atoms with E-state index in [0.717, 1.165) is 0 Å². The normalized spacial score (nSPS) is 22.0. The highest BCUT2D eigenvalue weighted by molar-refractivity contribution is 7.90. The number of benzene rings is 1. The summed E-state index contributed by atoms with van der Waals surface area (Å²) in [5.41, 5.74) is 0.695. The lowest BCUT2D eigenvalue weighted by Gasteiger charge is -2.25. The van der Waals surface area contributed by atoms with Crippen LogP contribution in [0.5, 0.6) is 11.5 Å². The van der Waals surface area contributed by atoms with Gasteiger partial charge in [0.2, 0.25) is 10.0 Å². The number of sulfonamides is 1. The van der Waals surface area contributed by atoms with Crippen molar-refractivity contribution in [3.05, 3.63) is 36.4 Å². The average Bonchev–Trinajstić information content (AvgIpc) is 2.94. The van der Waals surface area contributed by atoms with E-state index in [0.29, 0.717) is 17.1 Å². The molecule has 0 amide bonds. The summed E-state index contributed by atoms with van der Waals surface area (Å²) < 4.78 is 38.2. The fraction of sp³-hybridized carbons (Fsp3) is 0.467. The Bertz CT molecular complexity index is 662. The maximum Gasteiger partial charge on any atom is 0.219 e. The van der Waals surface area contributed by atoms with Crippen LogP contribution in [-0.2, 0) is 14.9 Å². The van der Waals surface area contributed by atoms with Crippen molar-refractivity contribution in [3.63, 3.8) is 0 Å². The third kappa shape index (κ3) is 3.66. The highest BCUT2D eigenvalue weighted by Gasteiger charge is 2.44. The largest absolute Gasteiger partial charge is 0.497 e. The molecule has 0 radical (unpaired) electrons. The quantitative estimate of drug-likeness (QED) is 0.748. The van der Waals surface area contributed by atoms with Crippen molar-refractivity contribution in [2.45, 2.75) is 11.3 Å². The van der Waals surface area contributed by atoms with Crippen LogP contribution in [0.3, 0.4) is 0 Å². The van der Waals surface area contributed by atoms with Gasteiger partial charge in [-0.2, -0.15) is 5.06 Å². The Balaban J connectivity index is 2.44. The summed E-state index contributed by atoms with van der Waals surface area (Å²) in [6.07, 6.45) is 1.50.